The first-order chi connectivity index (χ1) is 9.86. The van der Waals surface area contributed by atoms with Gasteiger partial charge in [0, 0.05) is 39.6 Å². The molecular weight excluding hydrogens is 248 g/mol. The summed E-state index contributed by atoms with van der Waals surface area (Å²) in [5.74, 6) is 0. The van der Waals surface area contributed by atoms with Gasteiger partial charge in [0.2, 0.25) is 0 Å². The number of benzene rings is 1. The van der Waals surface area contributed by atoms with Gasteiger partial charge in [0.05, 0.1) is 6.61 Å². The van der Waals surface area contributed by atoms with E-state index in [2.05, 4.69) is 34.2 Å². The third-order valence-corrected chi connectivity index (χ3v) is 4.06. The molecule has 3 nitrogen and oxygen atoms in total. The van der Waals surface area contributed by atoms with Crippen molar-refractivity contribution in [3.8, 4) is 11.3 Å². The zero-order valence-electron chi connectivity index (χ0n) is 11.1. The summed E-state index contributed by atoms with van der Waals surface area (Å²) in [5, 5.41) is 10.8. The normalized spacial score (nSPS) is 14.3. The molecule has 100 valence electrons. The van der Waals surface area contributed by atoms with Gasteiger partial charge in [0.15, 0.2) is 0 Å². The largest absolute Gasteiger partial charge is 0.392 e. The van der Waals surface area contributed by atoms with E-state index in [-0.39, 0.29) is 6.61 Å². The number of nitrogens with one attached hydrogen (secondary N) is 2. The molecule has 3 N–H and O–H groups in total. The molecule has 0 saturated carbocycles. The van der Waals surface area contributed by atoms with Crippen molar-refractivity contribution >= 4 is 16.5 Å². The van der Waals surface area contributed by atoms with Gasteiger partial charge in [-0.15, -0.1) is 0 Å². The van der Waals surface area contributed by atoms with Crippen molar-refractivity contribution < 1.29 is 5.11 Å². The van der Waals surface area contributed by atoms with Crippen LogP contribution in [-0.4, -0.2) is 21.7 Å². The summed E-state index contributed by atoms with van der Waals surface area (Å²) >= 11 is 0. The number of rotatable bonds is 2. The molecule has 0 amide bonds. The number of aryl methyl sites for hydroxylation is 1. The predicted molar refractivity (Wildman–Crippen MR) is 81.5 cm³/mol. The van der Waals surface area contributed by atoms with E-state index in [1.807, 2.05) is 18.3 Å². The van der Waals surface area contributed by atoms with Gasteiger partial charge < -0.3 is 15.1 Å². The standard InChI is InChI=1S/C17H16N2O/c20-10-12-5-3-7-15-17(12)13(9-18-15)16-8-11-4-1-2-6-14(11)19-16/h1-2,4-6,8-9,18-20H,3,7,10H2. The van der Waals surface area contributed by atoms with E-state index in [4.69, 9.17) is 0 Å². The number of allylic oxidation sites excluding steroid dienone is 1. The molecular formula is C17H16N2O. The van der Waals surface area contributed by atoms with Crippen LogP contribution in [0.15, 0.2) is 42.6 Å². The molecule has 0 aliphatic heterocycles. The summed E-state index contributed by atoms with van der Waals surface area (Å²) in [6.45, 7) is 0.0953. The highest BCUT2D eigenvalue weighted by molar-refractivity contribution is 5.90. The van der Waals surface area contributed by atoms with Gasteiger partial charge >= 0.3 is 0 Å². The first-order valence-corrected chi connectivity index (χ1v) is 6.95. The summed E-state index contributed by atoms with van der Waals surface area (Å²) in [6.07, 6.45) is 6.20. The fraction of sp³-hybridized carbons (Fsp3) is 0.176. The van der Waals surface area contributed by atoms with Crippen molar-refractivity contribution in [3.05, 3.63) is 53.9 Å². The number of aliphatic hydroxyl groups is 1. The van der Waals surface area contributed by atoms with Crippen LogP contribution in [0.3, 0.4) is 0 Å². The predicted octanol–water partition coefficient (Wildman–Crippen LogP) is 3.48. The summed E-state index contributed by atoms with van der Waals surface area (Å²) in [7, 11) is 0. The van der Waals surface area contributed by atoms with Gasteiger partial charge in [0.1, 0.15) is 0 Å². The van der Waals surface area contributed by atoms with E-state index in [9.17, 15) is 5.11 Å². The topological polar surface area (TPSA) is 51.8 Å². The summed E-state index contributed by atoms with van der Waals surface area (Å²) < 4.78 is 0. The first kappa shape index (κ1) is 11.6. The average molecular weight is 264 g/mol. The molecule has 1 aliphatic carbocycles. The van der Waals surface area contributed by atoms with Crippen molar-refractivity contribution in [2.75, 3.05) is 6.61 Å². The number of fused-ring (bicyclic) bond motifs is 2. The maximum absolute atomic E-state index is 9.57. The number of aromatic nitrogens is 2. The quantitative estimate of drug-likeness (QED) is 0.652. The highest BCUT2D eigenvalue weighted by Gasteiger charge is 2.19. The minimum atomic E-state index is 0.0953. The monoisotopic (exact) mass is 264 g/mol. The van der Waals surface area contributed by atoms with Crippen LogP contribution in [0.2, 0.25) is 0 Å². The molecule has 0 radical (unpaired) electrons. The molecule has 0 saturated heterocycles. The molecule has 4 rings (SSSR count). The van der Waals surface area contributed by atoms with Crippen LogP contribution in [0, 0.1) is 0 Å². The third kappa shape index (κ3) is 1.63. The van der Waals surface area contributed by atoms with E-state index >= 15 is 0 Å². The van der Waals surface area contributed by atoms with Crippen LogP contribution >= 0.6 is 0 Å². The SMILES string of the molecule is OCC1=CCCc2[nH]cc(-c3cc4ccccc4[nH]3)c21. The highest BCUT2D eigenvalue weighted by Crippen LogP contribution is 2.35. The van der Waals surface area contributed by atoms with Crippen molar-refractivity contribution in [1.82, 2.24) is 9.97 Å². The Morgan fingerprint density at radius 3 is 2.95 bits per heavy atom. The number of hydrogen-bond acceptors (Lipinski definition) is 1. The lowest BCUT2D eigenvalue weighted by atomic mass is 9.93. The zero-order chi connectivity index (χ0) is 13.5. The average Bonchev–Trinajstić information content (AvgIpc) is 3.10. The smallest absolute Gasteiger partial charge is 0.0685 e. The Kier molecular flexibility index (Phi) is 2.54. The van der Waals surface area contributed by atoms with E-state index in [0.717, 1.165) is 35.2 Å². The van der Waals surface area contributed by atoms with Crippen LogP contribution in [0.4, 0.5) is 0 Å². The van der Waals surface area contributed by atoms with Gasteiger partial charge in [-0.05, 0) is 30.5 Å². The van der Waals surface area contributed by atoms with Crippen molar-refractivity contribution in [2.24, 2.45) is 0 Å². The Morgan fingerprint density at radius 1 is 1.20 bits per heavy atom. The Balaban J connectivity index is 1.91. The highest BCUT2D eigenvalue weighted by atomic mass is 16.3. The molecule has 3 aromatic rings. The Labute approximate surface area is 117 Å². The van der Waals surface area contributed by atoms with Crippen LogP contribution in [0.25, 0.3) is 27.7 Å². The van der Waals surface area contributed by atoms with Crippen molar-refractivity contribution in [3.63, 3.8) is 0 Å². The second-order valence-electron chi connectivity index (χ2n) is 5.25. The Bertz CT molecular complexity index is 774. The third-order valence-electron chi connectivity index (χ3n) is 4.06. The van der Waals surface area contributed by atoms with Crippen LogP contribution < -0.4 is 0 Å². The number of H-pyrrole nitrogens is 2. The van der Waals surface area contributed by atoms with Crippen LogP contribution in [0.5, 0.6) is 0 Å². The molecule has 0 bridgehead atoms. The van der Waals surface area contributed by atoms with E-state index in [1.165, 1.54) is 16.6 Å². The van der Waals surface area contributed by atoms with Gasteiger partial charge in [-0.3, -0.25) is 0 Å². The minimum Gasteiger partial charge on any atom is -0.392 e. The second kappa shape index (κ2) is 4.39. The van der Waals surface area contributed by atoms with Crippen molar-refractivity contribution in [2.45, 2.75) is 12.8 Å². The maximum atomic E-state index is 9.57. The summed E-state index contributed by atoms with van der Waals surface area (Å²) in [4.78, 5) is 6.83. The number of para-hydroxylation sites is 1. The molecule has 1 aliphatic rings. The minimum absolute atomic E-state index is 0.0953. The van der Waals surface area contributed by atoms with E-state index in [0.29, 0.717) is 0 Å². The zero-order valence-corrected chi connectivity index (χ0v) is 11.1. The van der Waals surface area contributed by atoms with Crippen LogP contribution in [0.1, 0.15) is 17.7 Å². The molecule has 0 unspecified atom stereocenters. The molecule has 0 spiro atoms. The molecule has 2 heterocycles. The van der Waals surface area contributed by atoms with Gasteiger partial charge in [-0.1, -0.05) is 24.3 Å². The Morgan fingerprint density at radius 2 is 2.10 bits per heavy atom. The first-order valence-electron chi connectivity index (χ1n) is 6.95. The number of hydrogen-bond donors (Lipinski definition) is 3. The molecule has 2 aromatic heterocycles. The lowest BCUT2D eigenvalue weighted by Gasteiger charge is -2.13. The lowest BCUT2D eigenvalue weighted by Crippen LogP contribution is -2.01. The molecule has 1 aromatic carbocycles. The molecule has 20 heavy (non-hydrogen) atoms. The van der Waals surface area contributed by atoms with Gasteiger partial charge in [0.25, 0.3) is 0 Å². The molecule has 3 heteroatoms. The Hall–Kier alpha value is -2.26. The van der Waals surface area contributed by atoms with Gasteiger partial charge in [-0.25, -0.2) is 0 Å². The second-order valence-corrected chi connectivity index (χ2v) is 5.25. The number of aliphatic hydroxyl groups excluding tert-OH is 1. The summed E-state index contributed by atoms with van der Waals surface area (Å²) in [6, 6.07) is 10.4. The molecule has 0 fully saturated rings. The lowest BCUT2D eigenvalue weighted by molar-refractivity contribution is 0.349. The number of aromatic amines is 2. The van der Waals surface area contributed by atoms with Crippen LogP contribution in [-0.2, 0) is 6.42 Å². The summed E-state index contributed by atoms with van der Waals surface area (Å²) in [5.41, 5.74) is 6.82. The van der Waals surface area contributed by atoms with E-state index in [1.54, 1.807) is 0 Å². The van der Waals surface area contributed by atoms with E-state index < -0.39 is 0 Å². The maximum Gasteiger partial charge on any atom is 0.0685 e. The van der Waals surface area contributed by atoms with Gasteiger partial charge in [-0.2, -0.15) is 0 Å². The fourth-order valence-electron chi connectivity index (χ4n) is 3.10. The molecule has 0 atom stereocenters. The fourth-order valence-corrected chi connectivity index (χ4v) is 3.10. The van der Waals surface area contributed by atoms with Crippen molar-refractivity contribution in [1.29, 1.82) is 0 Å².